The van der Waals surface area contributed by atoms with Gasteiger partial charge in [0.15, 0.2) is 0 Å². The van der Waals surface area contributed by atoms with Crippen LogP contribution in [0.1, 0.15) is 75.6 Å². The summed E-state index contributed by atoms with van der Waals surface area (Å²) in [5.74, 6) is -2.55. The zero-order valence-electron chi connectivity index (χ0n) is 41.2. The molecule has 8 rings (SSSR count). The smallest absolute Gasteiger partial charge is 0.408 e. The van der Waals surface area contributed by atoms with E-state index in [1.165, 1.54) is 0 Å². The highest BCUT2D eigenvalue weighted by Gasteiger charge is 2.39. The summed E-state index contributed by atoms with van der Waals surface area (Å²) >= 11 is 0. The van der Waals surface area contributed by atoms with Crippen molar-refractivity contribution in [3.05, 3.63) is 131 Å². The molecular weight excluding hydrogens is 925 g/mol. The third-order valence-electron chi connectivity index (χ3n) is 12.5. The monoisotopic (exact) mass is 992 g/mol. The fourth-order valence-corrected chi connectivity index (χ4v) is 8.37. The van der Waals surface area contributed by atoms with Crippen LogP contribution in [0.15, 0.2) is 109 Å². The number of carbonyl (C=O) groups excluding carboxylic acids is 6. The highest BCUT2D eigenvalue weighted by atomic mass is 16.6. The number of fused-ring (bicyclic) bond motifs is 26. The largest absolute Gasteiger partial charge is 0.494 e. The van der Waals surface area contributed by atoms with Gasteiger partial charge in [0.1, 0.15) is 61.1 Å². The first kappa shape index (κ1) is 54.2. The number of aliphatic hydroxyl groups is 2. The van der Waals surface area contributed by atoms with Crippen LogP contribution >= 0.6 is 0 Å². The molecule has 6 amide bonds. The SMILES string of the molecule is CC(C)[C@@H]1NC(=O)[C@@H](NC(=O)OCc2ccccc2)CCCOc2ccc(cc2)C[C@@H]([C@@H](O)[C@H](O)[C@@H]2Cc3ccc(cc3)OCCC[C@H](NC(=O)OCc3ccccc3)C(=O)N[C@@H](C(C)C)C(=O)N2)NC1=O. The number of hydrogen-bond donors (Lipinski definition) is 8. The molecule has 4 aliphatic rings. The van der Waals surface area contributed by atoms with Crippen LogP contribution in [0.3, 0.4) is 0 Å². The van der Waals surface area contributed by atoms with Crippen LogP contribution in [-0.4, -0.2) is 108 Å². The van der Waals surface area contributed by atoms with Gasteiger partial charge < -0.3 is 61.1 Å². The fourth-order valence-electron chi connectivity index (χ4n) is 8.37. The Morgan fingerprint density at radius 1 is 0.542 bits per heavy atom. The Labute approximate surface area is 420 Å². The van der Waals surface area contributed by atoms with Crippen molar-refractivity contribution in [3.8, 4) is 11.5 Å². The lowest BCUT2D eigenvalue weighted by atomic mass is 9.90. The van der Waals surface area contributed by atoms with Gasteiger partial charge in [-0.25, -0.2) is 9.59 Å². The Kier molecular flexibility index (Phi) is 20.2. The molecular formula is C54H68N6O12. The molecule has 4 heterocycles. The predicted octanol–water partition coefficient (Wildman–Crippen LogP) is 4.38. The Bertz CT molecular complexity index is 2220. The number of ether oxygens (including phenoxy) is 4. The lowest BCUT2D eigenvalue weighted by Gasteiger charge is -2.35. The normalized spacial score (nSPS) is 22.4. The van der Waals surface area contributed by atoms with Gasteiger partial charge in [-0.15, -0.1) is 0 Å². The van der Waals surface area contributed by atoms with Gasteiger partial charge in [0.25, 0.3) is 0 Å². The molecule has 8 atom stereocenters. The topological polar surface area (TPSA) is 252 Å². The highest BCUT2D eigenvalue weighted by molar-refractivity contribution is 5.92. The Morgan fingerprint density at radius 2 is 0.903 bits per heavy atom. The van der Waals surface area contributed by atoms with Crippen molar-refractivity contribution >= 4 is 35.8 Å². The number of rotatable bonds is 11. The molecule has 0 fully saturated rings. The second-order valence-corrected chi connectivity index (χ2v) is 18.9. The van der Waals surface area contributed by atoms with E-state index in [1.807, 2.05) is 36.4 Å². The van der Waals surface area contributed by atoms with E-state index in [9.17, 15) is 39.0 Å². The molecule has 18 heteroatoms. The molecule has 18 nitrogen and oxygen atoms in total. The van der Waals surface area contributed by atoms with E-state index in [0.29, 0.717) is 35.5 Å². The Hall–Kier alpha value is -7.18. The molecule has 0 spiro atoms. The minimum absolute atomic E-state index is 0.00000584. The van der Waals surface area contributed by atoms with Crippen LogP contribution in [0.25, 0.3) is 0 Å². The summed E-state index contributed by atoms with van der Waals surface area (Å²) in [4.78, 5) is 82.7. The molecule has 4 aromatic carbocycles. The molecule has 4 aromatic rings. The van der Waals surface area contributed by atoms with E-state index < -0.39 is 96.1 Å². The second-order valence-electron chi connectivity index (χ2n) is 18.9. The summed E-state index contributed by atoms with van der Waals surface area (Å²) in [5.41, 5.74) is 2.84. The van der Waals surface area contributed by atoms with Crippen molar-refractivity contribution in [2.75, 3.05) is 13.2 Å². The fraction of sp³-hybridized carbons (Fsp3) is 0.444. The molecule has 4 bridgehead atoms. The number of alkyl carbamates (subject to hydrolysis) is 2. The van der Waals surface area contributed by atoms with Gasteiger partial charge in [0, 0.05) is 0 Å². The number of carbonyl (C=O) groups is 6. The number of amides is 6. The van der Waals surface area contributed by atoms with Crippen molar-refractivity contribution in [2.24, 2.45) is 11.8 Å². The van der Waals surface area contributed by atoms with E-state index >= 15 is 0 Å². The van der Waals surface area contributed by atoms with Crippen LogP contribution in [0.4, 0.5) is 9.59 Å². The van der Waals surface area contributed by atoms with Crippen molar-refractivity contribution < 1.29 is 57.9 Å². The van der Waals surface area contributed by atoms with Crippen molar-refractivity contribution in [1.82, 2.24) is 31.9 Å². The van der Waals surface area contributed by atoms with Crippen LogP contribution in [0, 0.1) is 11.8 Å². The standard InChI is InChI=1S/C54H68N6O12/c1-33(2)45-51(65)55-43(29-35-19-23-39(24-20-35)69-27-11-17-41(49(63)59-45)57-53(67)71-31-37-13-7-5-8-14-37)47(61)48(62)44-30-36-21-25-40(26-22-36)70-28-12-18-42(50(64)60-46(34(3)4)52(66)56-44)58-54(68)72-32-38-15-9-6-10-16-38/h5-10,13-16,19-26,33-34,41-48,61-62H,11-12,17-18,27-32H2,1-4H3,(H,55,65)(H,56,66)(H,57,67)(H,58,68)(H,59,63)(H,60,64)/t41-,42-,43-,44-,45-,46-,47+,48+/m0/s1. The van der Waals surface area contributed by atoms with Crippen LogP contribution in [-0.2, 0) is 54.7 Å². The Morgan fingerprint density at radius 3 is 1.25 bits per heavy atom. The van der Waals surface area contributed by atoms with E-state index in [2.05, 4.69) is 31.9 Å². The van der Waals surface area contributed by atoms with E-state index in [1.54, 1.807) is 100 Å². The third-order valence-corrected chi connectivity index (χ3v) is 12.5. The molecule has 0 saturated heterocycles. The Balaban J connectivity index is 1.23. The van der Waals surface area contributed by atoms with Crippen LogP contribution in [0.5, 0.6) is 11.5 Å². The van der Waals surface area contributed by atoms with Gasteiger partial charge in [-0.05, 0) is 96.9 Å². The minimum atomic E-state index is -1.73. The van der Waals surface area contributed by atoms with E-state index in [4.69, 9.17) is 18.9 Å². The van der Waals surface area contributed by atoms with Gasteiger partial charge in [-0.3, -0.25) is 19.2 Å². The van der Waals surface area contributed by atoms with Crippen LogP contribution < -0.4 is 41.4 Å². The minimum Gasteiger partial charge on any atom is -0.494 e. The van der Waals surface area contributed by atoms with Gasteiger partial charge in [-0.1, -0.05) is 113 Å². The summed E-state index contributed by atoms with van der Waals surface area (Å²) in [6.07, 6.45) is -4.09. The quantitative estimate of drug-likeness (QED) is 0.104. The van der Waals surface area contributed by atoms with E-state index in [-0.39, 0.29) is 52.1 Å². The average molecular weight is 993 g/mol. The molecule has 0 radical (unpaired) electrons. The molecule has 0 aromatic heterocycles. The van der Waals surface area contributed by atoms with Crippen molar-refractivity contribution in [3.63, 3.8) is 0 Å². The number of aliphatic hydroxyl groups excluding tert-OH is 2. The number of benzene rings is 4. The first-order chi connectivity index (χ1) is 34.6. The first-order valence-corrected chi connectivity index (χ1v) is 24.6. The second kappa shape index (κ2) is 26.9. The van der Waals surface area contributed by atoms with E-state index in [0.717, 1.165) is 11.1 Å². The number of nitrogens with one attached hydrogen (secondary N) is 6. The molecule has 72 heavy (non-hydrogen) atoms. The van der Waals surface area contributed by atoms with Gasteiger partial charge in [-0.2, -0.15) is 0 Å². The maximum absolute atomic E-state index is 14.4. The lowest BCUT2D eigenvalue weighted by Crippen LogP contribution is -2.62. The zero-order valence-corrected chi connectivity index (χ0v) is 41.2. The van der Waals surface area contributed by atoms with Gasteiger partial charge >= 0.3 is 12.2 Å². The molecule has 386 valence electrons. The summed E-state index contributed by atoms with van der Waals surface area (Å²) in [6, 6.07) is 25.2. The highest BCUT2D eigenvalue weighted by Crippen LogP contribution is 2.22. The third kappa shape index (κ3) is 16.4. The molecule has 0 unspecified atom stereocenters. The maximum atomic E-state index is 14.4. The van der Waals surface area contributed by atoms with Gasteiger partial charge in [0.05, 0.1) is 25.3 Å². The van der Waals surface area contributed by atoms with Gasteiger partial charge in [0.2, 0.25) is 23.6 Å². The number of hydrogen-bond acceptors (Lipinski definition) is 12. The summed E-state index contributed by atoms with van der Waals surface area (Å²) in [5, 5.41) is 41.2. The maximum Gasteiger partial charge on any atom is 0.408 e. The first-order valence-electron chi connectivity index (χ1n) is 24.6. The summed E-state index contributed by atoms with van der Waals surface area (Å²) < 4.78 is 22.8. The molecule has 8 N–H and O–H groups in total. The molecule has 0 saturated carbocycles. The van der Waals surface area contributed by atoms with Crippen molar-refractivity contribution in [1.29, 1.82) is 0 Å². The molecule has 4 aliphatic heterocycles. The predicted molar refractivity (Wildman–Crippen MR) is 266 cm³/mol. The lowest BCUT2D eigenvalue weighted by molar-refractivity contribution is -0.133. The zero-order chi connectivity index (χ0) is 51.6. The molecule has 0 aliphatic carbocycles. The average Bonchev–Trinajstić information content (AvgIpc) is 3.37. The van der Waals surface area contributed by atoms with Crippen LogP contribution in [0.2, 0.25) is 0 Å². The van der Waals surface area contributed by atoms with Crippen molar-refractivity contribution in [2.45, 2.75) is 128 Å². The summed E-state index contributed by atoms with van der Waals surface area (Å²) in [6.45, 7) is 7.29. The summed E-state index contributed by atoms with van der Waals surface area (Å²) in [7, 11) is 0.